The molecule has 3 rings (SSSR count). The van der Waals surface area contributed by atoms with E-state index in [1.807, 2.05) is 44.2 Å². The van der Waals surface area contributed by atoms with Gasteiger partial charge in [0.1, 0.15) is 11.5 Å². The Morgan fingerprint density at radius 2 is 2.00 bits per heavy atom. The molecule has 0 aliphatic rings. The lowest BCUT2D eigenvalue weighted by atomic mass is 10.1. The second-order valence-electron chi connectivity index (χ2n) is 5.97. The number of hydrogen-bond acceptors (Lipinski definition) is 4. The summed E-state index contributed by atoms with van der Waals surface area (Å²) in [5, 5.41) is 7.07. The van der Waals surface area contributed by atoms with Gasteiger partial charge in [-0.25, -0.2) is 4.68 Å². The molecule has 0 unspecified atom stereocenters. The normalized spacial score (nSPS) is 10.4. The van der Waals surface area contributed by atoms with Crippen LogP contribution < -0.4 is 14.8 Å². The summed E-state index contributed by atoms with van der Waals surface area (Å²) in [7, 11) is 1.58. The van der Waals surface area contributed by atoms with Gasteiger partial charge in [0.25, 0.3) is 5.91 Å². The van der Waals surface area contributed by atoms with Crippen molar-refractivity contribution in [1.29, 1.82) is 0 Å². The van der Waals surface area contributed by atoms with Gasteiger partial charge in [0.2, 0.25) is 0 Å². The molecule has 6 nitrogen and oxygen atoms in total. The molecule has 0 aliphatic heterocycles. The SMILES string of the molecule is COc1cccc(NC(=O)c2ccn(COc3cc(C)ccc3C)n2)c1. The van der Waals surface area contributed by atoms with E-state index in [-0.39, 0.29) is 12.6 Å². The van der Waals surface area contributed by atoms with Gasteiger partial charge in [-0.3, -0.25) is 4.79 Å². The number of ether oxygens (including phenoxy) is 2. The van der Waals surface area contributed by atoms with Crippen molar-refractivity contribution < 1.29 is 14.3 Å². The fourth-order valence-corrected chi connectivity index (χ4v) is 2.45. The number of nitrogens with zero attached hydrogens (tertiary/aromatic N) is 2. The van der Waals surface area contributed by atoms with E-state index in [0.29, 0.717) is 17.1 Å². The van der Waals surface area contributed by atoms with Crippen LogP contribution in [0.15, 0.2) is 54.7 Å². The molecule has 0 radical (unpaired) electrons. The van der Waals surface area contributed by atoms with Crippen LogP contribution in [0.1, 0.15) is 21.6 Å². The third-order valence-corrected chi connectivity index (χ3v) is 3.90. The summed E-state index contributed by atoms with van der Waals surface area (Å²) in [5.74, 6) is 1.20. The first-order valence-electron chi connectivity index (χ1n) is 8.24. The number of amides is 1. The molecular weight excluding hydrogens is 330 g/mol. The first-order chi connectivity index (χ1) is 12.5. The second-order valence-corrected chi connectivity index (χ2v) is 5.97. The maximum atomic E-state index is 12.3. The van der Waals surface area contributed by atoms with Gasteiger partial charge in [-0.2, -0.15) is 5.10 Å². The fraction of sp³-hybridized carbons (Fsp3) is 0.200. The number of aromatic nitrogens is 2. The molecule has 1 heterocycles. The number of rotatable bonds is 6. The van der Waals surface area contributed by atoms with Gasteiger partial charge in [0, 0.05) is 18.0 Å². The zero-order chi connectivity index (χ0) is 18.5. The third kappa shape index (κ3) is 4.22. The topological polar surface area (TPSA) is 65.4 Å². The third-order valence-electron chi connectivity index (χ3n) is 3.90. The van der Waals surface area contributed by atoms with Gasteiger partial charge in [0.05, 0.1) is 7.11 Å². The first kappa shape index (κ1) is 17.5. The number of benzene rings is 2. The second kappa shape index (κ2) is 7.74. The lowest BCUT2D eigenvalue weighted by Gasteiger charge is -2.10. The standard InChI is InChI=1S/C20H21N3O3/c1-14-7-8-15(2)19(11-14)26-13-23-10-9-18(22-23)20(24)21-16-5-4-6-17(12-16)25-3/h4-12H,13H2,1-3H3,(H,21,24). The highest BCUT2D eigenvalue weighted by molar-refractivity contribution is 6.02. The summed E-state index contributed by atoms with van der Waals surface area (Å²) < 4.78 is 12.5. The van der Waals surface area contributed by atoms with Gasteiger partial charge >= 0.3 is 0 Å². The summed E-state index contributed by atoms with van der Waals surface area (Å²) in [6, 6.07) is 14.9. The molecule has 3 aromatic rings. The van der Waals surface area contributed by atoms with Crippen molar-refractivity contribution in [2.75, 3.05) is 12.4 Å². The Hall–Kier alpha value is -3.28. The number of anilines is 1. The van der Waals surface area contributed by atoms with Crippen molar-refractivity contribution in [2.45, 2.75) is 20.6 Å². The summed E-state index contributed by atoms with van der Waals surface area (Å²) >= 11 is 0. The van der Waals surface area contributed by atoms with Gasteiger partial charge in [0.15, 0.2) is 12.4 Å². The number of carbonyl (C=O) groups is 1. The summed E-state index contributed by atoms with van der Waals surface area (Å²) in [5.41, 5.74) is 3.15. The van der Waals surface area contributed by atoms with Crippen molar-refractivity contribution in [3.8, 4) is 11.5 Å². The molecule has 0 saturated heterocycles. The zero-order valence-corrected chi connectivity index (χ0v) is 15.0. The number of nitrogens with one attached hydrogen (secondary N) is 1. The molecule has 0 aliphatic carbocycles. The molecule has 2 aromatic carbocycles. The molecule has 1 amide bonds. The van der Waals surface area contributed by atoms with Crippen molar-refractivity contribution in [1.82, 2.24) is 9.78 Å². The quantitative estimate of drug-likeness (QED) is 0.734. The Labute approximate surface area is 152 Å². The molecular formula is C20H21N3O3. The van der Waals surface area contributed by atoms with Gasteiger partial charge in [-0.1, -0.05) is 18.2 Å². The van der Waals surface area contributed by atoms with E-state index in [9.17, 15) is 4.79 Å². The molecule has 0 atom stereocenters. The number of aryl methyl sites for hydroxylation is 2. The van der Waals surface area contributed by atoms with Crippen LogP contribution in [0.3, 0.4) is 0 Å². The Balaban J connectivity index is 1.63. The van der Waals surface area contributed by atoms with Crippen LogP contribution in [0.25, 0.3) is 0 Å². The molecule has 6 heteroatoms. The van der Waals surface area contributed by atoms with Crippen LogP contribution in [0.2, 0.25) is 0 Å². The summed E-state index contributed by atoms with van der Waals surface area (Å²) in [6.45, 7) is 4.24. The molecule has 0 fully saturated rings. The largest absolute Gasteiger partial charge is 0.497 e. The molecule has 1 aromatic heterocycles. The highest BCUT2D eigenvalue weighted by atomic mass is 16.5. The predicted octanol–water partition coefficient (Wildman–Crippen LogP) is 3.80. The van der Waals surface area contributed by atoms with E-state index < -0.39 is 0 Å². The predicted molar refractivity (Wildman–Crippen MR) is 99.7 cm³/mol. The molecule has 0 bridgehead atoms. The van der Waals surface area contributed by atoms with E-state index in [4.69, 9.17) is 9.47 Å². The average Bonchev–Trinajstić information content (AvgIpc) is 3.12. The van der Waals surface area contributed by atoms with Crippen molar-refractivity contribution in [3.05, 3.63) is 71.5 Å². The van der Waals surface area contributed by atoms with Crippen LogP contribution in [0.5, 0.6) is 11.5 Å². The Morgan fingerprint density at radius 1 is 1.15 bits per heavy atom. The lowest BCUT2D eigenvalue weighted by molar-refractivity contribution is 0.102. The van der Waals surface area contributed by atoms with Crippen LogP contribution in [0.4, 0.5) is 5.69 Å². The molecule has 0 spiro atoms. The zero-order valence-electron chi connectivity index (χ0n) is 15.0. The van der Waals surface area contributed by atoms with Gasteiger partial charge in [-0.05, 0) is 49.2 Å². The van der Waals surface area contributed by atoms with Crippen LogP contribution in [-0.4, -0.2) is 22.8 Å². The lowest BCUT2D eigenvalue weighted by Crippen LogP contribution is -2.14. The van der Waals surface area contributed by atoms with Crippen molar-refractivity contribution in [2.24, 2.45) is 0 Å². The monoisotopic (exact) mass is 351 g/mol. The van der Waals surface area contributed by atoms with Crippen LogP contribution in [-0.2, 0) is 6.73 Å². The van der Waals surface area contributed by atoms with E-state index >= 15 is 0 Å². The highest BCUT2D eigenvalue weighted by Crippen LogP contribution is 2.20. The summed E-state index contributed by atoms with van der Waals surface area (Å²) in [4.78, 5) is 12.3. The van der Waals surface area contributed by atoms with Crippen molar-refractivity contribution >= 4 is 11.6 Å². The van der Waals surface area contributed by atoms with E-state index in [0.717, 1.165) is 16.9 Å². The Kier molecular flexibility index (Phi) is 5.22. The number of methoxy groups -OCH3 is 1. The van der Waals surface area contributed by atoms with Crippen molar-refractivity contribution in [3.63, 3.8) is 0 Å². The minimum Gasteiger partial charge on any atom is -0.497 e. The smallest absolute Gasteiger partial charge is 0.276 e. The van der Waals surface area contributed by atoms with Gasteiger partial charge in [-0.15, -0.1) is 0 Å². The van der Waals surface area contributed by atoms with Crippen LogP contribution >= 0.6 is 0 Å². The van der Waals surface area contributed by atoms with E-state index in [1.54, 1.807) is 36.2 Å². The first-order valence-corrected chi connectivity index (χ1v) is 8.24. The van der Waals surface area contributed by atoms with Crippen LogP contribution in [0, 0.1) is 13.8 Å². The Bertz CT molecular complexity index is 918. The maximum absolute atomic E-state index is 12.3. The number of carbonyl (C=O) groups excluding carboxylic acids is 1. The Morgan fingerprint density at radius 3 is 2.81 bits per heavy atom. The molecule has 1 N–H and O–H groups in total. The van der Waals surface area contributed by atoms with E-state index in [2.05, 4.69) is 10.4 Å². The summed E-state index contributed by atoms with van der Waals surface area (Å²) in [6.07, 6.45) is 1.71. The average molecular weight is 351 g/mol. The molecule has 134 valence electrons. The van der Waals surface area contributed by atoms with E-state index in [1.165, 1.54) is 0 Å². The number of hydrogen-bond donors (Lipinski definition) is 1. The minimum atomic E-state index is -0.288. The van der Waals surface area contributed by atoms with Gasteiger partial charge < -0.3 is 14.8 Å². The molecule has 26 heavy (non-hydrogen) atoms. The molecule has 0 saturated carbocycles. The highest BCUT2D eigenvalue weighted by Gasteiger charge is 2.11. The minimum absolute atomic E-state index is 0.233. The maximum Gasteiger partial charge on any atom is 0.276 e. The fourth-order valence-electron chi connectivity index (χ4n) is 2.45.